The maximum atomic E-state index is 13.2. The molecule has 1 aromatic rings. The lowest BCUT2D eigenvalue weighted by atomic mass is 10.0. The summed E-state index contributed by atoms with van der Waals surface area (Å²) in [5.41, 5.74) is 0.0114. The molecule has 1 heterocycles. The maximum absolute atomic E-state index is 13.2. The predicted octanol–water partition coefficient (Wildman–Crippen LogP) is 2.86. The number of carbonyl (C=O) groups excluding carboxylic acids is 1. The van der Waals surface area contributed by atoms with Crippen LogP contribution in [0.15, 0.2) is 12.1 Å². The van der Waals surface area contributed by atoms with Gasteiger partial charge in [-0.3, -0.25) is 4.79 Å². The van der Waals surface area contributed by atoms with Crippen LogP contribution in [0.1, 0.15) is 23.2 Å². The molecule has 0 spiro atoms. The highest BCUT2D eigenvalue weighted by Crippen LogP contribution is 2.23. The van der Waals surface area contributed by atoms with E-state index in [-0.39, 0.29) is 34.9 Å². The van der Waals surface area contributed by atoms with Crippen molar-refractivity contribution in [1.82, 2.24) is 10.2 Å². The van der Waals surface area contributed by atoms with Crippen molar-refractivity contribution < 1.29 is 13.6 Å². The molecule has 1 aromatic carbocycles. The van der Waals surface area contributed by atoms with Crippen molar-refractivity contribution in [2.75, 3.05) is 20.1 Å². The maximum Gasteiger partial charge on any atom is 0.255 e. The van der Waals surface area contributed by atoms with Crippen molar-refractivity contribution in [2.45, 2.75) is 18.9 Å². The van der Waals surface area contributed by atoms with Crippen molar-refractivity contribution in [1.29, 1.82) is 0 Å². The molecule has 0 bridgehead atoms. The van der Waals surface area contributed by atoms with Gasteiger partial charge in [0, 0.05) is 19.1 Å². The number of hydrogen-bond acceptors (Lipinski definition) is 2. The number of benzene rings is 1. The number of rotatable bonds is 2. The summed E-state index contributed by atoms with van der Waals surface area (Å²) in [6.07, 6.45) is 1.87. The van der Waals surface area contributed by atoms with Crippen LogP contribution < -0.4 is 5.32 Å². The van der Waals surface area contributed by atoms with Crippen LogP contribution in [0, 0.1) is 11.6 Å². The second-order valence-electron chi connectivity index (χ2n) is 4.63. The summed E-state index contributed by atoms with van der Waals surface area (Å²) in [6.45, 7) is 1.15. The van der Waals surface area contributed by atoms with E-state index < -0.39 is 11.6 Å². The number of piperidine rings is 1. The van der Waals surface area contributed by atoms with E-state index in [1.807, 2.05) is 7.05 Å². The van der Waals surface area contributed by atoms with E-state index in [0.717, 1.165) is 25.0 Å². The number of likely N-dealkylation sites (tertiary alicyclic amines) is 1. The fourth-order valence-electron chi connectivity index (χ4n) is 2.25. The zero-order valence-corrected chi connectivity index (χ0v) is 12.5. The minimum absolute atomic E-state index is 0. The van der Waals surface area contributed by atoms with Gasteiger partial charge in [-0.05, 0) is 32.0 Å². The molecule has 2 rings (SSSR count). The number of nitrogens with one attached hydrogen (secondary N) is 1. The second-order valence-corrected chi connectivity index (χ2v) is 5.03. The molecule has 1 aliphatic rings. The van der Waals surface area contributed by atoms with Crippen LogP contribution in [0.4, 0.5) is 8.78 Å². The van der Waals surface area contributed by atoms with Crippen molar-refractivity contribution in [2.24, 2.45) is 0 Å². The highest BCUT2D eigenvalue weighted by atomic mass is 35.5. The third-order valence-corrected chi connectivity index (χ3v) is 3.67. The van der Waals surface area contributed by atoms with Gasteiger partial charge in [0.25, 0.3) is 5.91 Å². The highest BCUT2D eigenvalue weighted by molar-refractivity contribution is 6.33. The number of carbonyl (C=O) groups is 1. The summed E-state index contributed by atoms with van der Waals surface area (Å²) in [6, 6.07) is 1.92. The number of amides is 1. The Morgan fingerprint density at radius 1 is 1.40 bits per heavy atom. The van der Waals surface area contributed by atoms with Gasteiger partial charge < -0.3 is 10.2 Å². The lowest BCUT2D eigenvalue weighted by Gasteiger charge is -2.32. The van der Waals surface area contributed by atoms with Gasteiger partial charge in [-0.25, -0.2) is 8.78 Å². The van der Waals surface area contributed by atoms with Crippen LogP contribution in [0.25, 0.3) is 0 Å². The zero-order valence-electron chi connectivity index (χ0n) is 11.0. The van der Waals surface area contributed by atoms with Crippen LogP contribution in [0.3, 0.4) is 0 Å². The second kappa shape index (κ2) is 7.20. The molecule has 1 atom stereocenters. The van der Waals surface area contributed by atoms with E-state index in [1.54, 1.807) is 4.90 Å². The number of halogens is 4. The molecular weight excluding hydrogens is 309 g/mol. The van der Waals surface area contributed by atoms with Crippen LogP contribution in [0.5, 0.6) is 0 Å². The van der Waals surface area contributed by atoms with Crippen molar-refractivity contribution in [3.05, 3.63) is 34.4 Å². The lowest BCUT2D eigenvalue weighted by Crippen LogP contribution is -2.47. The van der Waals surface area contributed by atoms with Gasteiger partial charge in [-0.2, -0.15) is 0 Å². The molecule has 1 amide bonds. The Morgan fingerprint density at radius 2 is 2.05 bits per heavy atom. The standard InChI is InChI=1S/C13H15ClF2N2O.ClH/c1-17-8-3-2-4-18(7-8)13(19)9-5-11(15)12(16)6-10(9)14;/h5-6,8,17H,2-4,7H2,1H3;1H. The van der Waals surface area contributed by atoms with Crippen LogP contribution >= 0.6 is 24.0 Å². The minimum atomic E-state index is -1.06. The molecule has 1 unspecified atom stereocenters. The summed E-state index contributed by atoms with van der Waals surface area (Å²) >= 11 is 5.82. The van der Waals surface area contributed by atoms with Crippen LogP contribution in [0.2, 0.25) is 5.02 Å². The Hall–Kier alpha value is -0.910. The van der Waals surface area contributed by atoms with E-state index >= 15 is 0 Å². The largest absolute Gasteiger partial charge is 0.337 e. The Bertz CT molecular complexity index is 500. The first kappa shape index (κ1) is 17.1. The van der Waals surface area contributed by atoms with Crippen LogP contribution in [-0.2, 0) is 0 Å². The van der Waals surface area contributed by atoms with Gasteiger partial charge >= 0.3 is 0 Å². The molecule has 1 fully saturated rings. The number of nitrogens with zero attached hydrogens (tertiary/aromatic N) is 1. The smallest absolute Gasteiger partial charge is 0.255 e. The summed E-state index contributed by atoms with van der Waals surface area (Å²) in [4.78, 5) is 13.9. The molecule has 20 heavy (non-hydrogen) atoms. The first-order valence-electron chi connectivity index (χ1n) is 6.14. The molecule has 0 aliphatic carbocycles. The van der Waals surface area contributed by atoms with Crippen LogP contribution in [-0.4, -0.2) is 37.0 Å². The SMILES string of the molecule is CNC1CCCN(C(=O)c2cc(F)c(F)cc2Cl)C1.Cl. The normalized spacial score (nSPS) is 18.6. The van der Waals surface area contributed by atoms with E-state index in [0.29, 0.717) is 13.1 Å². The molecule has 1 saturated heterocycles. The molecule has 0 radical (unpaired) electrons. The number of hydrogen-bond donors (Lipinski definition) is 1. The predicted molar refractivity (Wildman–Crippen MR) is 76.6 cm³/mol. The summed E-state index contributed by atoms with van der Waals surface area (Å²) in [7, 11) is 1.84. The monoisotopic (exact) mass is 324 g/mol. The molecule has 112 valence electrons. The summed E-state index contributed by atoms with van der Waals surface area (Å²) < 4.78 is 26.2. The molecule has 7 heteroatoms. The van der Waals surface area contributed by atoms with Gasteiger partial charge in [0.2, 0.25) is 0 Å². The van der Waals surface area contributed by atoms with E-state index in [2.05, 4.69) is 5.32 Å². The quantitative estimate of drug-likeness (QED) is 0.848. The number of likely N-dealkylation sites (N-methyl/N-ethyl adjacent to an activating group) is 1. The summed E-state index contributed by atoms with van der Waals surface area (Å²) in [5.74, 6) is -2.47. The van der Waals surface area contributed by atoms with Gasteiger partial charge in [0.05, 0.1) is 10.6 Å². The van der Waals surface area contributed by atoms with Crippen molar-refractivity contribution in [3.8, 4) is 0 Å². The van der Waals surface area contributed by atoms with Gasteiger partial charge in [-0.15, -0.1) is 12.4 Å². The van der Waals surface area contributed by atoms with Gasteiger partial charge in [0.15, 0.2) is 11.6 Å². The average molecular weight is 325 g/mol. The molecule has 1 aliphatic heterocycles. The Morgan fingerprint density at radius 3 is 2.70 bits per heavy atom. The third-order valence-electron chi connectivity index (χ3n) is 3.36. The summed E-state index contributed by atoms with van der Waals surface area (Å²) in [5, 5.41) is 3.05. The first-order chi connectivity index (χ1) is 9.02. The third kappa shape index (κ3) is 3.59. The molecule has 1 N–H and O–H groups in total. The van der Waals surface area contributed by atoms with Crippen molar-refractivity contribution >= 4 is 29.9 Å². The lowest BCUT2D eigenvalue weighted by molar-refractivity contribution is 0.0698. The van der Waals surface area contributed by atoms with E-state index in [1.165, 1.54) is 0 Å². The van der Waals surface area contributed by atoms with E-state index in [9.17, 15) is 13.6 Å². The Labute approximate surface area is 127 Å². The molecule has 0 saturated carbocycles. The van der Waals surface area contributed by atoms with E-state index in [4.69, 9.17) is 11.6 Å². The topological polar surface area (TPSA) is 32.3 Å². The molecule has 0 aromatic heterocycles. The minimum Gasteiger partial charge on any atom is -0.337 e. The average Bonchev–Trinajstić information content (AvgIpc) is 2.42. The Kier molecular flexibility index (Phi) is 6.17. The van der Waals surface area contributed by atoms with Crippen molar-refractivity contribution in [3.63, 3.8) is 0 Å². The molecule has 3 nitrogen and oxygen atoms in total. The molecular formula is C13H16Cl2F2N2O. The van der Waals surface area contributed by atoms with Gasteiger partial charge in [0.1, 0.15) is 0 Å². The Balaban J connectivity index is 0.00000200. The first-order valence-corrected chi connectivity index (χ1v) is 6.51. The fourth-order valence-corrected chi connectivity index (χ4v) is 2.49. The zero-order chi connectivity index (χ0) is 14.0. The highest BCUT2D eigenvalue weighted by Gasteiger charge is 2.25. The van der Waals surface area contributed by atoms with Gasteiger partial charge in [-0.1, -0.05) is 11.6 Å². The fraction of sp³-hybridized carbons (Fsp3) is 0.462.